The second-order valence-electron chi connectivity index (χ2n) is 6.19. The second-order valence-corrected chi connectivity index (χ2v) is 6.62. The highest BCUT2D eigenvalue weighted by Crippen LogP contribution is 2.29. The van der Waals surface area contributed by atoms with Crippen molar-refractivity contribution < 1.29 is 4.79 Å². The molecule has 122 valence electrons. The molecule has 1 aromatic heterocycles. The molecular formula is C19H18ClN3O. The molecule has 1 atom stereocenters. The Hall–Kier alpha value is -2.46. The summed E-state index contributed by atoms with van der Waals surface area (Å²) in [5, 5.41) is 7.92. The van der Waals surface area contributed by atoms with Crippen molar-refractivity contribution in [2.45, 2.75) is 25.4 Å². The summed E-state index contributed by atoms with van der Waals surface area (Å²) in [4.78, 5) is 15.6. The Labute approximate surface area is 145 Å². The van der Waals surface area contributed by atoms with Gasteiger partial charge in [0, 0.05) is 40.6 Å². The molecule has 0 fully saturated rings. The summed E-state index contributed by atoms with van der Waals surface area (Å²) in [7, 11) is 0. The molecule has 0 radical (unpaired) electrons. The second kappa shape index (κ2) is 6.21. The van der Waals surface area contributed by atoms with Crippen molar-refractivity contribution in [1.29, 1.82) is 0 Å². The Bertz CT molecular complexity index is 885. The monoisotopic (exact) mass is 339 g/mol. The van der Waals surface area contributed by atoms with Gasteiger partial charge in [0.15, 0.2) is 0 Å². The summed E-state index contributed by atoms with van der Waals surface area (Å²) in [5.41, 5.74) is 4.76. The number of benzene rings is 2. The highest BCUT2D eigenvalue weighted by molar-refractivity contribution is 6.30. The van der Waals surface area contributed by atoms with Crippen LogP contribution in [-0.4, -0.2) is 17.1 Å². The molecule has 4 nitrogen and oxygen atoms in total. The van der Waals surface area contributed by atoms with Gasteiger partial charge < -0.3 is 15.6 Å². The topological polar surface area (TPSA) is 56.9 Å². The average Bonchev–Trinajstić information content (AvgIpc) is 3.11. The number of amides is 2. The Morgan fingerprint density at radius 3 is 2.75 bits per heavy atom. The number of carbonyl (C=O) groups excluding carboxylic acids is 1. The fourth-order valence-electron chi connectivity index (χ4n) is 3.35. The number of carbonyl (C=O) groups is 1. The van der Waals surface area contributed by atoms with Crippen molar-refractivity contribution >= 4 is 28.5 Å². The van der Waals surface area contributed by atoms with E-state index in [2.05, 4.69) is 33.8 Å². The van der Waals surface area contributed by atoms with Crippen LogP contribution in [0.3, 0.4) is 0 Å². The predicted molar refractivity (Wildman–Crippen MR) is 96.3 cm³/mol. The summed E-state index contributed by atoms with van der Waals surface area (Å²) in [6, 6.07) is 15.8. The van der Waals surface area contributed by atoms with E-state index in [9.17, 15) is 4.79 Å². The number of aromatic nitrogens is 1. The lowest BCUT2D eigenvalue weighted by atomic mass is 10.1. The molecule has 24 heavy (non-hydrogen) atoms. The lowest BCUT2D eigenvalue weighted by Crippen LogP contribution is -2.42. The van der Waals surface area contributed by atoms with Gasteiger partial charge in [0.2, 0.25) is 0 Å². The molecule has 4 rings (SSSR count). The zero-order chi connectivity index (χ0) is 16.5. The molecule has 1 aliphatic carbocycles. The van der Waals surface area contributed by atoms with Gasteiger partial charge in [-0.25, -0.2) is 4.79 Å². The molecule has 3 aromatic rings. The average molecular weight is 340 g/mol. The van der Waals surface area contributed by atoms with Crippen molar-refractivity contribution in [2.75, 3.05) is 0 Å². The predicted octanol–water partition coefficient (Wildman–Crippen LogP) is 3.79. The highest BCUT2D eigenvalue weighted by atomic mass is 35.5. The zero-order valence-electron chi connectivity index (χ0n) is 13.1. The maximum absolute atomic E-state index is 12.1. The van der Waals surface area contributed by atoms with Crippen LogP contribution in [0.2, 0.25) is 5.02 Å². The third kappa shape index (κ3) is 2.97. The first-order valence-electron chi connectivity index (χ1n) is 8.06. The van der Waals surface area contributed by atoms with Crippen LogP contribution in [-0.2, 0) is 19.4 Å². The maximum atomic E-state index is 12.1. The number of hydrogen-bond acceptors (Lipinski definition) is 1. The summed E-state index contributed by atoms with van der Waals surface area (Å²) >= 11 is 5.86. The van der Waals surface area contributed by atoms with Crippen LogP contribution in [0.5, 0.6) is 0 Å². The van der Waals surface area contributed by atoms with Gasteiger partial charge in [-0.2, -0.15) is 0 Å². The number of fused-ring (bicyclic) bond motifs is 3. The number of urea groups is 1. The molecule has 0 saturated heterocycles. The van der Waals surface area contributed by atoms with Gasteiger partial charge in [0.05, 0.1) is 0 Å². The first-order valence-corrected chi connectivity index (χ1v) is 8.44. The van der Waals surface area contributed by atoms with Crippen molar-refractivity contribution in [3.8, 4) is 0 Å². The number of aromatic amines is 1. The molecule has 1 unspecified atom stereocenters. The Balaban J connectivity index is 1.34. The molecule has 3 N–H and O–H groups in total. The van der Waals surface area contributed by atoms with E-state index in [1.54, 1.807) is 0 Å². The zero-order valence-corrected chi connectivity index (χ0v) is 13.9. The number of nitrogens with one attached hydrogen (secondary N) is 3. The van der Waals surface area contributed by atoms with E-state index in [4.69, 9.17) is 11.6 Å². The van der Waals surface area contributed by atoms with E-state index >= 15 is 0 Å². The van der Waals surface area contributed by atoms with E-state index in [0.29, 0.717) is 11.6 Å². The van der Waals surface area contributed by atoms with Crippen LogP contribution >= 0.6 is 11.6 Å². The van der Waals surface area contributed by atoms with E-state index < -0.39 is 0 Å². The van der Waals surface area contributed by atoms with Gasteiger partial charge in [-0.1, -0.05) is 41.9 Å². The van der Waals surface area contributed by atoms with E-state index in [1.165, 1.54) is 22.2 Å². The van der Waals surface area contributed by atoms with E-state index in [1.807, 2.05) is 30.3 Å². The largest absolute Gasteiger partial charge is 0.358 e. The molecule has 0 spiro atoms. The molecule has 1 aliphatic rings. The lowest BCUT2D eigenvalue weighted by molar-refractivity contribution is 0.237. The minimum atomic E-state index is -0.135. The fourth-order valence-corrected chi connectivity index (χ4v) is 3.48. The molecule has 0 aliphatic heterocycles. The molecule has 2 aromatic carbocycles. The maximum Gasteiger partial charge on any atom is 0.315 e. The number of rotatable bonds is 3. The molecular weight excluding hydrogens is 322 g/mol. The fraction of sp³-hybridized carbons (Fsp3) is 0.211. The van der Waals surface area contributed by atoms with Crippen LogP contribution < -0.4 is 10.6 Å². The Morgan fingerprint density at radius 2 is 1.92 bits per heavy atom. The smallest absolute Gasteiger partial charge is 0.315 e. The van der Waals surface area contributed by atoms with Gasteiger partial charge in [-0.05, 0) is 35.7 Å². The first kappa shape index (κ1) is 15.1. The number of halogens is 1. The Kier molecular flexibility index (Phi) is 3.90. The molecule has 0 saturated carbocycles. The SMILES string of the molecule is O=C(NCc1ccc(Cl)cc1)NC1Cc2[nH]c3ccccc3c2C1. The van der Waals surface area contributed by atoms with Crippen molar-refractivity contribution in [3.63, 3.8) is 0 Å². The number of para-hydroxylation sites is 1. The molecule has 2 amide bonds. The minimum Gasteiger partial charge on any atom is -0.358 e. The highest BCUT2D eigenvalue weighted by Gasteiger charge is 2.26. The molecule has 0 bridgehead atoms. The van der Waals surface area contributed by atoms with Gasteiger partial charge in [0.25, 0.3) is 0 Å². The summed E-state index contributed by atoms with van der Waals surface area (Å²) in [6.45, 7) is 0.490. The number of H-pyrrole nitrogens is 1. The molecule has 1 heterocycles. The summed E-state index contributed by atoms with van der Waals surface area (Å²) < 4.78 is 0. The summed E-state index contributed by atoms with van der Waals surface area (Å²) in [5.74, 6) is 0. The summed E-state index contributed by atoms with van der Waals surface area (Å²) in [6.07, 6.45) is 1.71. The molecule has 5 heteroatoms. The third-order valence-corrected chi connectivity index (χ3v) is 4.76. The standard InChI is InChI=1S/C19H18ClN3O/c20-13-7-5-12(6-8-13)11-21-19(24)22-14-9-16-15-3-1-2-4-17(15)23-18(16)10-14/h1-8,14,23H,9-11H2,(H2,21,22,24). The van der Waals surface area contributed by atoms with Crippen LogP contribution in [0.15, 0.2) is 48.5 Å². The van der Waals surface area contributed by atoms with Crippen molar-refractivity contribution in [2.24, 2.45) is 0 Å². The van der Waals surface area contributed by atoms with E-state index in [0.717, 1.165) is 18.4 Å². The first-order chi connectivity index (χ1) is 11.7. The van der Waals surface area contributed by atoms with Crippen molar-refractivity contribution in [1.82, 2.24) is 15.6 Å². The van der Waals surface area contributed by atoms with Crippen LogP contribution in [0.4, 0.5) is 4.79 Å². The lowest BCUT2D eigenvalue weighted by Gasteiger charge is -2.13. The quantitative estimate of drug-likeness (QED) is 0.668. The van der Waals surface area contributed by atoms with Crippen LogP contribution in [0, 0.1) is 0 Å². The number of hydrogen-bond donors (Lipinski definition) is 3. The van der Waals surface area contributed by atoms with Gasteiger partial charge in [0.1, 0.15) is 0 Å². The van der Waals surface area contributed by atoms with Crippen LogP contribution in [0.1, 0.15) is 16.8 Å². The normalized spacial score (nSPS) is 16.1. The van der Waals surface area contributed by atoms with Gasteiger partial charge >= 0.3 is 6.03 Å². The van der Waals surface area contributed by atoms with E-state index in [-0.39, 0.29) is 12.1 Å². The van der Waals surface area contributed by atoms with Crippen molar-refractivity contribution in [3.05, 3.63) is 70.4 Å². The van der Waals surface area contributed by atoms with Crippen LogP contribution in [0.25, 0.3) is 10.9 Å². The third-order valence-electron chi connectivity index (χ3n) is 4.50. The minimum absolute atomic E-state index is 0.135. The van der Waals surface area contributed by atoms with Gasteiger partial charge in [-0.3, -0.25) is 0 Å². The van der Waals surface area contributed by atoms with Gasteiger partial charge in [-0.15, -0.1) is 0 Å². The Morgan fingerprint density at radius 1 is 1.12 bits per heavy atom.